The molecule has 112 valence electrons. The van der Waals surface area contributed by atoms with Crippen LogP contribution in [-0.4, -0.2) is 21.1 Å². The summed E-state index contributed by atoms with van der Waals surface area (Å²) >= 11 is 0. The molecule has 0 fully saturated rings. The molecule has 0 radical (unpaired) electrons. The van der Waals surface area contributed by atoms with Crippen LogP contribution >= 0.6 is 0 Å². The maximum absolute atomic E-state index is 12.4. The zero-order chi connectivity index (χ0) is 15.7. The highest BCUT2D eigenvalue weighted by molar-refractivity contribution is 6.07. The second-order valence-corrected chi connectivity index (χ2v) is 4.20. The predicted molar refractivity (Wildman–Crippen MR) is 64.7 cm³/mol. The fourth-order valence-electron chi connectivity index (χ4n) is 1.70. The van der Waals surface area contributed by atoms with Crippen LogP contribution in [0.2, 0.25) is 0 Å². The summed E-state index contributed by atoms with van der Waals surface area (Å²) in [7, 11) is 0. The van der Waals surface area contributed by atoms with Gasteiger partial charge in [-0.2, -0.15) is 18.2 Å². The highest BCUT2D eigenvalue weighted by Gasteiger charge is 2.38. The largest absolute Gasteiger partial charge is 0.471 e. The van der Waals surface area contributed by atoms with Gasteiger partial charge in [-0.15, -0.1) is 0 Å². The van der Waals surface area contributed by atoms with Gasteiger partial charge in [-0.1, -0.05) is 34.6 Å². The Balaban J connectivity index is 1.85. The molecular formula is C13H6F3N3O3. The van der Waals surface area contributed by atoms with Crippen molar-refractivity contribution in [2.75, 3.05) is 0 Å². The lowest BCUT2D eigenvalue weighted by atomic mass is 10.1. The van der Waals surface area contributed by atoms with Crippen LogP contribution in [0, 0.1) is 0 Å². The molecule has 0 bridgehead atoms. The molecule has 1 aromatic carbocycles. The molecule has 6 nitrogen and oxygen atoms in total. The van der Waals surface area contributed by atoms with Gasteiger partial charge < -0.3 is 9.05 Å². The highest BCUT2D eigenvalue weighted by Crippen LogP contribution is 2.29. The van der Waals surface area contributed by atoms with Gasteiger partial charge in [0.05, 0.1) is 6.20 Å². The van der Waals surface area contributed by atoms with E-state index in [0.717, 1.165) is 0 Å². The fourth-order valence-corrected chi connectivity index (χ4v) is 1.70. The molecule has 0 saturated carbocycles. The zero-order valence-corrected chi connectivity index (χ0v) is 10.7. The minimum Gasteiger partial charge on any atom is -0.353 e. The van der Waals surface area contributed by atoms with Gasteiger partial charge in [0.25, 0.3) is 0 Å². The number of hydrogen-bond acceptors (Lipinski definition) is 6. The maximum atomic E-state index is 12.4. The SMILES string of the molecule is O=C(c1ccc(-c2noc(C(F)(F)F)n2)cc1)c1ccno1. The molecule has 0 spiro atoms. The number of aromatic nitrogens is 3. The van der Waals surface area contributed by atoms with Crippen LogP contribution in [0.25, 0.3) is 11.4 Å². The van der Waals surface area contributed by atoms with Crippen LogP contribution in [-0.2, 0) is 6.18 Å². The molecule has 0 atom stereocenters. The average molecular weight is 309 g/mol. The molecule has 0 unspecified atom stereocenters. The first-order chi connectivity index (χ1) is 10.4. The molecule has 22 heavy (non-hydrogen) atoms. The molecule has 0 amide bonds. The molecule has 3 rings (SSSR count). The smallest absolute Gasteiger partial charge is 0.353 e. The van der Waals surface area contributed by atoms with E-state index in [4.69, 9.17) is 4.52 Å². The van der Waals surface area contributed by atoms with E-state index in [-0.39, 0.29) is 17.1 Å². The summed E-state index contributed by atoms with van der Waals surface area (Å²) in [5.41, 5.74) is 0.577. The van der Waals surface area contributed by atoms with Gasteiger partial charge in [-0.3, -0.25) is 4.79 Å². The van der Waals surface area contributed by atoms with E-state index in [1.807, 2.05) is 0 Å². The Hall–Kier alpha value is -2.97. The van der Waals surface area contributed by atoms with E-state index < -0.39 is 17.9 Å². The fraction of sp³-hybridized carbons (Fsp3) is 0.0769. The van der Waals surface area contributed by atoms with Crippen molar-refractivity contribution in [2.24, 2.45) is 0 Å². The Labute approximate surface area is 120 Å². The Kier molecular flexibility index (Phi) is 3.24. The Morgan fingerprint density at radius 3 is 2.32 bits per heavy atom. The number of benzene rings is 1. The number of hydrogen-bond donors (Lipinski definition) is 0. The number of halogens is 3. The quantitative estimate of drug-likeness (QED) is 0.692. The first-order valence-corrected chi connectivity index (χ1v) is 5.92. The van der Waals surface area contributed by atoms with Crippen molar-refractivity contribution < 1.29 is 27.0 Å². The van der Waals surface area contributed by atoms with Gasteiger partial charge in [-0.25, -0.2) is 0 Å². The molecule has 9 heteroatoms. The average Bonchev–Trinajstić information content (AvgIpc) is 3.17. The number of carbonyl (C=O) groups is 1. The van der Waals surface area contributed by atoms with Crippen molar-refractivity contribution in [3.05, 3.63) is 53.7 Å². The van der Waals surface area contributed by atoms with Crippen molar-refractivity contribution in [2.45, 2.75) is 6.18 Å². The number of ketones is 1. The number of nitrogens with zero attached hydrogens (tertiary/aromatic N) is 3. The zero-order valence-electron chi connectivity index (χ0n) is 10.7. The van der Waals surface area contributed by atoms with E-state index in [1.54, 1.807) is 0 Å². The van der Waals surface area contributed by atoms with E-state index >= 15 is 0 Å². The van der Waals surface area contributed by atoms with Crippen LogP contribution in [0.5, 0.6) is 0 Å². The predicted octanol–water partition coefficient (Wildman–Crippen LogP) is 2.97. The second kappa shape index (κ2) is 5.10. The van der Waals surface area contributed by atoms with Crippen LogP contribution in [0.3, 0.4) is 0 Å². The van der Waals surface area contributed by atoms with Gasteiger partial charge in [0.2, 0.25) is 17.4 Å². The van der Waals surface area contributed by atoms with Crippen molar-refractivity contribution in [3.63, 3.8) is 0 Å². The summed E-state index contributed by atoms with van der Waals surface area (Å²) in [5, 5.41) is 6.68. The van der Waals surface area contributed by atoms with Gasteiger partial charge in [0, 0.05) is 17.2 Å². The number of rotatable bonds is 3. The summed E-state index contributed by atoms with van der Waals surface area (Å²) in [5.74, 6) is -1.98. The van der Waals surface area contributed by atoms with Gasteiger partial charge >= 0.3 is 12.1 Å². The molecule has 0 saturated heterocycles. The minimum atomic E-state index is -4.70. The second-order valence-electron chi connectivity index (χ2n) is 4.20. The first-order valence-electron chi connectivity index (χ1n) is 5.92. The van der Waals surface area contributed by atoms with Crippen molar-refractivity contribution in [3.8, 4) is 11.4 Å². The van der Waals surface area contributed by atoms with E-state index in [2.05, 4.69) is 19.8 Å². The topological polar surface area (TPSA) is 82.0 Å². The molecule has 0 aliphatic heterocycles. The van der Waals surface area contributed by atoms with Gasteiger partial charge in [0.1, 0.15) is 0 Å². The monoisotopic (exact) mass is 309 g/mol. The Morgan fingerprint density at radius 1 is 1.05 bits per heavy atom. The lowest BCUT2D eigenvalue weighted by Gasteiger charge is -1.99. The summed E-state index contributed by atoms with van der Waals surface area (Å²) in [4.78, 5) is 15.2. The summed E-state index contributed by atoms with van der Waals surface area (Å²) in [6.45, 7) is 0. The Morgan fingerprint density at radius 2 is 1.77 bits per heavy atom. The lowest BCUT2D eigenvalue weighted by Crippen LogP contribution is -2.04. The third-order valence-corrected chi connectivity index (χ3v) is 2.74. The molecule has 2 aromatic heterocycles. The maximum Gasteiger partial charge on any atom is 0.471 e. The molecular weight excluding hydrogens is 303 g/mol. The van der Waals surface area contributed by atoms with Crippen LogP contribution in [0.4, 0.5) is 13.2 Å². The summed E-state index contributed by atoms with van der Waals surface area (Å²) in [6, 6.07) is 7.07. The van der Waals surface area contributed by atoms with Crippen LogP contribution < -0.4 is 0 Å². The van der Waals surface area contributed by atoms with Crippen LogP contribution in [0.1, 0.15) is 22.0 Å². The van der Waals surface area contributed by atoms with E-state index in [9.17, 15) is 18.0 Å². The standard InChI is InChI=1S/C13H6F3N3O3/c14-13(15,16)12-18-11(19-22-12)8-3-1-7(2-4-8)10(20)9-5-6-17-21-9/h1-6H. The summed E-state index contributed by atoms with van der Waals surface area (Å²) in [6.07, 6.45) is -3.37. The molecule has 2 heterocycles. The number of carbonyl (C=O) groups excluding carboxylic acids is 1. The van der Waals surface area contributed by atoms with Crippen molar-refractivity contribution in [1.29, 1.82) is 0 Å². The summed E-state index contributed by atoms with van der Waals surface area (Å²) < 4.78 is 46.0. The van der Waals surface area contributed by atoms with Gasteiger partial charge in [0.15, 0.2) is 0 Å². The third kappa shape index (κ3) is 2.60. The normalized spacial score (nSPS) is 11.6. The lowest BCUT2D eigenvalue weighted by molar-refractivity contribution is -0.159. The Bertz CT molecular complexity index is 792. The van der Waals surface area contributed by atoms with Gasteiger partial charge in [-0.05, 0) is 0 Å². The third-order valence-electron chi connectivity index (χ3n) is 2.74. The highest BCUT2D eigenvalue weighted by atomic mass is 19.4. The molecule has 0 aliphatic carbocycles. The molecule has 0 aliphatic rings. The number of alkyl halides is 3. The molecule has 0 N–H and O–H groups in total. The van der Waals surface area contributed by atoms with E-state index in [0.29, 0.717) is 5.56 Å². The van der Waals surface area contributed by atoms with Crippen molar-refractivity contribution in [1.82, 2.24) is 15.3 Å². The first kappa shape index (κ1) is 14.0. The van der Waals surface area contributed by atoms with Crippen LogP contribution in [0.15, 0.2) is 45.6 Å². The molecule has 3 aromatic rings. The minimum absolute atomic E-state index is 0.0617. The van der Waals surface area contributed by atoms with E-state index in [1.165, 1.54) is 36.5 Å². The van der Waals surface area contributed by atoms with Crippen molar-refractivity contribution >= 4 is 5.78 Å².